The molecule has 2 aliphatic rings. The van der Waals surface area contributed by atoms with Crippen LogP contribution in [0, 0.1) is 5.92 Å². The molecule has 3 aromatic carbocycles. The highest BCUT2D eigenvalue weighted by Crippen LogP contribution is 2.46. The number of anilines is 2. The topological polar surface area (TPSA) is 46.3 Å². The van der Waals surface area contributed by atoms with Crippen LogP contribution in [0.3, 0.4) is 0 Å². The van der Waals surface area contributed by atoms with Crippen molar-refractivity contribution in [2.75, 3.05) is 23.7 Å². The Morgan fingerprint density at radius 2 is 1.58 bits per heavy atom. The first-order valence-electron chi connectivity index (χ1n) is 11.5. The Hall–Kier alpha value is -3.07. The molecule has 1 fully saturated rings. The summed E-state index contributed by atoms with van der Waals surface area (Å²) in [6, 6.07) is 26.5. The van der Waals surface area contributed by atoms with Crippen LogP contribution in [0.15, 0.2) is 72.8 Å². The lowest BCUT2D eigenvalue weighted by molar-refractivity contribution is -0.111. The number of aryl methyl sites for hydroxylation is 1. The maximum atomic E-state index is 11.1. The lowest BCUT2D eigenvalue weighted by Crippen LogP contribution is -2.34. The predicted molar refractivity (Wildman–Crippen MR) is 128 cm³/mol. The van der Waals surface area contributed by atoms with Crippen LogP contribution in [-0.2, 0) is 11.2 Å². The van der Waals surface area contributed by atoms with Gasteiger partial charge in [-0.25, -0.2) is 0 Å². The fraction of sp³-hybridized carbons (Fsp3) is 0.321. The molecule has 31 heavy (non-hydrogen) atoms. The number of piperidine rings is 1. The molecule has 2 N–H and O–H groups in total. The van der Waals surface area contributed by atoms with E-state index in [1.807, 2.05) is 6.07 Å². The number of rotatable bonds is 4. The van der Waals surface area contributed by atoms with Gasteiger partial charge in [0.25, 0.3) is 0 Å². The number of nitrogens with two attached hydrogens (primary N) is 1. The van der Waals surface area contributed by atoms with Gasteiger partial charge >= 0.3 is 0 Å². The summed E-state index contributed by atoms with van der Waals surface area (Å²) in [6.07, 6.45) is 5.24. The molecule has 0 bridgehead atoms. The lowest BCUT2D eigenvalue weighted by Gasteiger charge is -2.35. The zero-order valence-electron chi connectivity index (χ0n) is 17.9. The first-order valence-corrected chi connectivity index (χ1v) is 11.5. The van der Waals surface area contributed by atoms with E-state index in [9.17, 15) is 4.79 Å². The van der Waals surface area contributed by atoms with Crippen molar-refractivity contribution >= 4 is 17.7 Å². The van der Waals surface area contributed by atoms with E-state index < -0.39 is 0 Å². The van der Waals surface area contributed by atoms with Crippen LogP contribution in [0.4, 0.5) is 11.4 Å². The van der Waals surface area contributed by atoms with Crippen LogP contribution in [-0.4, -0.2) is 19.4 Å². The maximum absolute atomic E-state index is 11.1. The highest BCUT2D eigenvalue weighted by Gasteiger charge is 2.32. The van der Waals surface area contributed by atoms with Crippen molar-refractivity contribution < 1.29 is 4.79 Å². The zero-order valence-corrected chi connectivity index (χ0v) is 17.9. The third kappa shape index (κ3) is 3.97. The number of carbonyl (C=O) groups excluding carboxylic acids is 1. The van der Waals surface area contributed by atoms with Gasteiger partial charge in [0.05, 0.1) is 0 Å². The maximum Gasteiger partial charge on any atom is 0.123 e. The highest BCUT2D eigenvalue weighted by molar-refractivity contribution is 5.57. The fourth-order valence-corrected chi connectivity index (χ4v) is 5.50. The van der Waals surface area contributed by atoms with Gasteiger partial charge in [0, 0.05) is 36.3 Å². The fourth-order valence-electron chi connectivity index (χ4n) is 5.50. The van der Waals surface area contributed by atoms with E-state index in [-0.39, 0.29) is 5.92 Å². The van der Waals surface area contributed by atoms with Crippen molar-refractivity contribution in [1.29, 1.82) is 0 Å². The minimum Gasteiger partial charge on any atom is -0.399 e. The minimum absolute atomic E-state index is 0.230. The van der Waals surface area contributed by atoms with E-state index in [2.05, 4.69) is 71.6 Å². The Kier molecular flexibility index (Phi) is 5.50. The van der Waals surface area contributed by atoms with E-state index >= 15 is 0 Å². The lowest BCUT2D eigenvalue weighted by atomic mass is 9.69. The molecule has 1 saturated heterocycles. The molecule has 0 spiro atoms. The first kappa shape index (κ1) is 19.9. The van der Waals surface area contributed by atoms with E-state index in [0.29, 0.717) is 11.8 Å². The van der Waals surface area contributed by atoms with Crippen molar-refractivity contribution in [3.63, 3.8) is 0 Å². The van der Waals surface area contributed by atoms with Crippen LogP contribution in [0.2, 0.25) is 0 Å². The number of fused-ring (bicyclic) bond motifs is 1. The van der Waals surface area contributed by atoms with Gasteiger partial charge in [-0.3, -0.25) is 0 Å². The van der Waals surface area contributed by atoms with Crippen LogP contribution in [0.5, 0.6) is 0 Å². The van der Waals surface area contributed by atoms with Crippen molar-refractivity contribution in [2.24, 2.45) is 5.92 Å². The summed E-state index contributed by atoms with van der Waals surface area (Å²) in [7, 11) is 0. The second kappa shape index (κ2) is 8.58. The molecule has 2 unspecified atom stereocenters. The molecule has 0 amide bonds. The molecule has 3 aromatic rings. The Balaban J connectivity index is 1.47. The smallest absolute Gasteiger partial charge is 0.123 e. The third-order valence-corrected chi connectivity index (χ3v) is 7.21. The van der Waals surface area contributed by atoms with Gasteiger partial charge in [-0.15, -0.1) is 0 Å². The molecule has 3 heteroatoms. The van der Waals surface area contributed by atoms with Crippen LogP contribution < -0.4 is 10.6 Å². The van der Waals surface area contributed by atoms with Gasteiger partial charge < -0.3 is 15.4 Å². The predicted octanol–water partition coefficient (Wildman–Crippen LogP) is 5.55. The highest BCUT2D eigenvalue weighted by atomic mass is 16.1. The monoisotopic (exact) mass is 410 g/mol. The number of benzene rings is 3. The van der Waals surface area contributed by atoms with Crippen molar-refractivity contribution in [3.05, 3.63) is 95.1 Å². The molecule has 3 nitrogen and oxygen atoms in total. The Morgan fingerprint density at radius 1 is 0.839 bits per heavy atom. The van der Waals surface area contributed by atoms with Gasteiger partial charge in [0.15, 0.2) is 0 Å². The molecule has 1 heterocycles. The molecule has 0 aromatic heterocycles. The number of aldehydes is 1. The van der Waals surface area contributed by atoms with Gasteiger partial charge in [0.1, 0.15) is 6.29 Å². The second-order valence-corrected chi connectivity index (χ2v) is 9.04. The average molecular weight is 411 g/mol. The molecule has 5 rings (SSSR count). The van der Waals surface area contributed by atoms with Gasteiger partial charge in [-0.05, 0) is 78.1 Å². The molecular weight excluding hydrogens is 380 g/mol. The second-order valence-electron chi connectivity index (χ2n) is 9.04. The van der Waals surface area contributed by atoms with Gasteiger partial charge in [0.2, 0.25) is 0 Å². The molecule has 1 aliphatic carbocycles. The summed E-state index contributed by atoms with van der Waals surface area (Å²) >= 11 is 0. The summed E-state index contributed by atoms with van der Waals surface area (Å²) < 4.78 is 0. The number of carbonyl (C=O) groups is 1. The van der Waals surface area contributed by atoms with Crippen molar-refractivity contribution in [3.8, 4) is 0 Å². The number of hydrogen-bond donors (Lipinski definition) is 1. The number of nitrogen functional groups attached to an aromatic ring is 1. The summed E-state index contributed by atoms with van der Waals surface area (Å²) in [5, 5.41) is 0. The zero-order chi connectivity index (χ0) is 21.2. The van der Waals surface area contributed by atoms with Crippen LogP contribution >= 0.6 is 0 Å². The van der Waals surface area contributed by atoms with E-state index in [0.717, 1.165) is 50.7 Å². The summed E-state index contributed by atoms with van der Waals surface area (Å²) in [6.45, 7) is 1.92. The summed E-state index contributed by atoms with van der Waals surface area (Å²) in [5.41, 5.74) is 13.8. The average Bonchev–Trinajstić information content (AvgIpc) is 2.84. The molecular formula is C28H30N2O. The summed E-state index contributed by atoms with van der Waals surface area (Å²) in [4.78, 5) is 13.5. The van der Waals surface area contributed by atoms with Crippen molar-refractivity contribution in [2.45, 2.75) is 37.5 Å². The number of hydrogen-bond acceptors (Lipinski definition) is 3. The Morgan fingerprint density at radius 3 is 2.29 bits per heavy atom. The van der Waals surface area contributed by atoms with Crippen LogP contribution in [0.25, 0.3) is 0 Å². The molecule has 0 radical (unpaired) electrons. The summed E-state index contributed by atoms with van der Waals surface area (Å²) in [5.74, 6) is 1.03. The Bertz CT molecular complexity index is 1040. The molecule has 158 valence electrons. The normalized spacial score (nSPS) is 21.5. The van der Waals surface area contributed by atoms with E-state index in [4.69, 9.17) is 5.73 Å². The molecule has 0 saturated carbocycles. The minimum atomic E-state index is 0.230. The largest absolute Gasteiger partial charge is 0.399 e. The van der Waals surface area contributed by atoms with Gasteiger partial charge in [-0.1, -0.05) is 48.5 Å². The standard InChI is InChI=1S/C28H30N2O/c29-24-9-13-27-23(18-24)8-12-26(21-4-2-1-3-5-21)28(27)22-6-10-25(11-7-22)30-16-14-20(19-31)15-17-30/h1-7,9-11,13,18-20,26,28H,8,12,14-17,29H2. The van der Waals surface area contributed by atoms with Crippen molar-refractivity contribution in [1.82, 2.24) is 0 Å². The molecule has 1 aliphatic heterocycles. The Labute approximate surface area is 184 Å². The van der Waals surface area contributed by atoms with Crippen LogP contribution in [0.1, 0.15) is 53.4 Å². The quantitative estimate of drug-likeness (QED) is 0.453. The van der Waals surface area contributed by atoms with Gasteiger partial charge in [-0.2, -0.15) is 0 Å². The first-order chi connectivity index (χ1) is 15.2. The number of nitrogens with zero attached hydrogens (tertiary/aromatic N) is 1. The van der Waals surface area contributed by atoms with E-state index in [1.54, 1.807) is 0 Å². The SMILES string of the molecule is Nc1ccc2c(c1)CCC(c1ccccc1)C2c1ccc(N2CCC(C=O)CC2)cc1. The third-order valence-electron chi connectivity index (χ3n) is 7.21. The molecule has 2 atom stereocenters. The van der Waals surface area contributed by atoms with E-state index in [1.165, 1.54) is 27.9 Å².